The number of aliphatic carboxylic acids is 1. The van der Waals surface area contributed by atoms with E-state index in [1.807, 2.05) is 42.3 Å². The standard InChI is InChI=1S/C12H17NO2/c1-3-11(13(2)9-12(14)15)10-7-5-4-6-8-10/h4-8,11H,3,9H2,1-2H3,(H,14,15). The number of carboxylic acid groups (broad SMARTS) is 1. The molecule has 0 aromatic heterocycles. The number of carbonyl (C=O) groups is 1. The molecule has 0 amide bonds. The van der Waals surface area contributed by atoms with E-state index in [2.05, 4.69) is 6.92 Å². The van der Waals surface area contributed by atoms with Crippen molar-refractivity contribution in [1.82, 2.24) is 4.90 Å². The summed E-state index contributed by atoms with van der Waals surface area (Å²) in [6, 6.07) is 10.2. The fourth-order valence-electron chi connectivity index (χ4n) is 1.80. The Balaban J connectivity index is 2.75. The minimum Gasteiger partial charge on any atom is -0.480 e. The zero-order chi connectivity index (χ0) is 11.3. The third-order valence-corrected chi connectivity index (χ3v) is 2.49. The van der Waals surface area contributed by atoms with E-state index in [0.717, 1.165) is 6.42 Å². The van der Waals surface area contributed by atoms with Crippen LogP contribution in [0.5, 0.6) is 0 Å². The van der Waals surface area contributed by atoms with Crippen LogP contribution in [0.25, 0.3) is 0 Å². The lowest BCUT2D eigenvalue weighted by Crippen LogP contribution is -2.29. The second-order valence-electron chi connectivity index (χ2n) is 3.64. The molecule has 0 fully saturated rings. The highest BCUT2D eigenvalue weighted by atomic mass is 16.4. The van der Waals surface area contributed by atoms with Crippen LogP contribution in [-0.4, -0.2) is 29.6 Å². The molecule has 0 bridgehead atoms. The molecule has 0 radical (unpaired) electrons. The van der Waals surface area contributed by atoms with Gasteiger partial charge in [-0.05, 0) is 19.0 Å². The van der Waals surface area contributed by atoms with Crippen molar-refractivity contribution >= 4 is 5.97 Å². The maximum Gasteiger partial charge on any atom is 0.317 e. The van der Waals surface area contributed by atoms with Crippen molar-refractivity contribution in [2.24, 2.45) is 0 Å². The Hall–Kier alpha value is -1.35. The van der Waals surface area contributed by atoms with E-state index in [9.17, 15) is 4.79 Å². The number of likely N-dealkylation sites (N-methyl/N-ethyl adjacent to an activating group) is 1. The monoisotopic (exact) mass is 207 g/mol. The summed E-state index contributed by atoms with van der Waals surface area (Å²) in [5.74, 6) is -0.785. The summed E-state index contributed by atoms with van der Waals surface area (Å²) in [5, 5.41) is 8.73. The Bertz CT molecular complexity index is 311. The lowest BCUT2D eigenvalue weighted by atomic mass is 10.0. The Morgan fingerprint density at radius 3 is 2.47 bits per heavy atom. The highest BCUT2D eigenvalue weighted by Gasteiger charge is 2.16. The molecule has 1 N–H and O–H groups in total. The normalized spacial score (nSPS) is 12.7. The van der Waals surface area contributed by atoms with Crippen molar-refractivity contribution in [3.8, 4) is 0 Å². The molecule has 0 saturated carbocycles. The van der Waals surface area contributed by atoms with E-state index >= 15 is 0 Å². The fraction of sp³-hybridized carbons (Fsp3) is 0.417. The lowest BCUT2D eigenvalue weighted by Gasteiger charge is -2.25. The molecule has 0 saturated heterocycles. The summed E-state index contributed by atoms with van der Waals surface area (Å²) in [4.78, 5) is 12.5. The first-order valence-electron chi connectivity index (χ1n) is 5.12. The maximum absolute atomic E-state index is 10.6. The average Bonchev–Trinajstić information content (AvgIpc) is 2.19. The van der Waals surface area contributed by atoms with Gasteiger partial charge in [0.2, 0.25) is 0 Å². The molecule has 15 heavy (non-hydrogen) atoms. The van der Waals surface area contributed by atoms with E-state index in [4.69, 9.17) is 5.11 Å². The van der Waals surface area contributed by atoms with E-state index in [1.165, 1.54) is 5.56 Å². The molecule has 1 atom stereocenters. The summed E-state index contributed by atoms with van der Waals surface area (Å²) in [5.41, 5.74) is 1.17. The quantitative estimate of drug-likeness (QED) is 0.804. The molecule has 1 aromatic rings. The molecule has 0 heterocycles. The van der Waals surface area contributed by atoms with Gasteiger partial charge >= 0.3 is 5.97 Å². The molecule has 0 aliphatic heterocycles. The Labute approximate surface area is 90.3 Å². The van der Waals surface area contributed by atoms with Crippen molar-refractivity contribution in [2.45, 2.75) is 19.4 Å². The first kappa shape index (κ1) is 11.7. The van der Waals surface area contributed by atoms with Crippen LogP contribution in [0, 0.1) is 0 Å². The summed E-state index contributed by atoms with van der Waals surface area (Å²) in [7, 11) is 1.84. The van der Waals surface area contributed by atoms with Crippen LogP contribution in [0.3, 0.4) is 0 Å². The first-order valence-corrected chi connectivity index (χ1v) is 5.12. The molecule has 1 rings (SSSR count). The van der Waals surface area contributed by atoms with Crippen LogP contribution < -0.4 is 0 Å². The van der Waals surface area contributed by atoms with E-state index in [-0.39, 0.29) is 12.6 Å². The maximum atomic E-state index is 10.6. The molecule has 0 spiro atoms. The summed E-state index contributed by atoms with van der Waals surface area (Å²) < 4.78 is 0. The van der Waals surface area contributed by atoms with Crippen molar-refractivity contribution in [3.63, 3.8) is 0 Å². The summed E-state index contributed by atoms with van der Waals surface area (Å²) >= 11 is 0. The van der Waals surface area contributed by atoms with Gasteiger partial charge in [-0.3, -0.25) is 9.69 Å². The van der Waals surface area contributed by atoms with Crippen LogP contribution >= 0.6 is 0 Å². The SMILES string of the molecule is CCC(c1ccccc1)N(C)CC(=O)O. The molecule has 0 aliphatic carbocycles. The number of carboxylic acids is 1. The second kappa shape index (κ2) is 5.51. The lowest BCUT2D eigenvalue weighted by molar-refractivity contribution is -0.138. The largest absolute Gasteiger partial charge is 0.480 e. The van der Waals surface area contributed by atoms with Gasteiger partial charge in [-0.2, -0.15) is 0 Å². The van der Waals surface area contributed by atoms with Crippen LogP contribution in [0.1, 0.15) is 24.9 Å². The van der Waals surface area contributed by atoms with Crippen LogP contribution in [0.4, 0.5) is 0 Å². The number of benzene rings is 1. The predicted molar refractivity (Wildman–Crippen MR) is 59.7 cm³/mol. The molecule has 82 valence electrons. The number of hydrogen-bond acceptors (Lipinski definition) is 2. The van der Waals surface area contributed by atoms with E-state index in [0.29, 0.717) is 0 Å². The zero-order valence-electron chi connectivity index (χ0n) is 9.18. The van der Waals surface area contributed by atoms with Crippen molar-refractivity contribution in [1.29, 1.82) is 0 Å². The molecule has 0 aliphatic rings. The van der Waals surface area contributed by atoms with Gasteiger partial charge in [-0.15, -0.1) is 0 Å². The second-order valence-corrected chi connectivity index (χ2v) is 3.64. The van der Waals surface area contributed by atoms with E-state index < -0.39 is 5.97 Å². The summed E-state index contributed by atoms with van der Waals surface area (Å²) in [6.07, 6.45) is 0.911. The fourth-order valence-corrected chi connectivity index (χ4v) is 1.80. The minimum absolute atomic E-state index is 0.0768. The molecular formula is C12H17NO2. The van der Waals surface area contributed by atoms with Gasteiger partial charge in [0.25, 0.3) is 0 Å². The van der Waals surface area contributed by atoms with Crippen LogP contribution in [-0.2, 0) is 4.79 Å². The van der Waals surface area contributed by atoms with Crippen LogP contribution in [0.2, 0.25) is 0 Å². The summed E-state index contributed by atoms with van der Waals surface area (Å²) in [6.45, 7) is 2.14. The van der Waals surface area contributed by atoms with Crippen LogP contribution in [0.15, 0.2) is 30.3 Å². The first-order chi connectivity index (χ1) is 7.15. The predicted octanol–water partition coefficient (Wildman–Crippen LogP) is 2.15. The topological polar surface area (TPSA) is 40.5 Å². The van der Waals surface area contributed by atoms with Gasteiger partial charge in [0.1, 0.15) is 0 Å². The van der Waals surface area contributed by atoms with Gasteiger partial charge in [0.15, 0.2) is 0 Å². The highest BCUT2D eigenvalue weighted by Crippen LogP contribution is 2.21. The number of nitrogens with zero attached hydrogens (tertiary/aromatic N) is 1. The van der Waals surface area contributed by atoms with Gasteiger partial charge in [0.05, 0.1) is 6.54 Å². The van der Waals surface area contributed by atoms with Gasteiger partial charge in [0, 0.05) is 6.04 Å². The van der Waals surface area contributed by atoms with E-state index in [1.54, 1.807) is 0 Å². The third kappa shape index (κ3) is 3.36. The Morgan fingerprint density at radius 2 is 2.00 bits per heavy atom. The van der Waals surface area contributed by atoms with Gasteiger partial charge in [-0.1, -0.05) is 37.3 Å². The van der Waals surface area contributed by atoms with Crippen molar-refractivity contribution in [2.75, 3.05) is 13.6 Å². The average molecular weight is 207 g/mol. The Kier molecular flexibility index (Phi) is 4.31. The molecular weight excluding hydrogens is 190 g/mol. The highest BCUT2D eigenvalue weighted by molar-refractivity contribution is 5.69. The number of hydrogen-bond donors (Lipinski definition) is 1. The van der Waals surface area contributed by atoms with Crippen molar-refractivity contribution < 1.29 is 9.90 Å². The molecule has 1 unspecified atom stereocenters. The van der Waals surface area contributed by atoms with Gasteiger partial charge < -0.3 is 5.11 Å². The smallest absolute Gasteiger partial charge is 0.317 e. The number of rotatable bonds is 5. The Morgan fingerprint density at radius 1 is 1.40 bits per heavy atom. The molecule has 3 heteroatoms. The van der Waals surface area contributed by atoms with Crippen molar-refractivity contribution in [3.05, 3.63) is 35.9 Å². The molecule has 3 nitrogen and oxygen atoms in total. The molecule has 1 aromatic carbocycles. The minimum atomic E-state index is -0.785. The van der Waals surface area contributed by atoms with Gasteiger partial charge in [-0.25, -0.2) is 0 Å². The zero-order valence-corrected chi connectivity index (χ0v) is 9.18. The third-order valence-electron chi connectivity index (χ3n) is 2.49.